The Bertz CT molecular complexity index is 1080. The Hall–Kier alpha value is -2.95. The maximum Gasteiger partial charge on any atom is 0.340 e. The van der Waals surface area contributed by atoms with Crippen molar-refractivity contribution in [3.8, 4) is 5.88 Å². The molecular weight excluding hydrogens is 468 g/mol. The predicted octanol–water partition coefficient (Wildman–Crippen LogP) is 4.30. The van der Waals surface area contributed by atoms with Gasteiger partial charge in [-0.2, -0.15) is 8.78 Å². The lowest BCUT2D eigenvalue weighted by Gasteiger charge is -2.18. The van der Waals surface area contributed by atoms with Crippen molar-refractivity contribution in [1.29, 1.82) is 0 Å². The van der Waals surface area contributed by atoms with Crippen molar-refractivity contribution in [2.45, 2.75) is 44.7 Å². The van der Waals surface area contributed by atoms with Crippen molar-refractivity contribution in [1.82, 2.24) is 14.9 Å². The van der Waals surface area contributed by atoms with E-state index >= 15 is 0 Å². The predicted molar refractivity (Wildman–Crippen MR) is 109 cm³/mol. The van der Waals surface area contributed by atoms with E-state index in [9.17, 15) is 27.2 Å². The quantitative estimate of drug-likeness (QED) is 0.534. The first-order valence-corrected chi connectivity index (χ1v) is 10.5. The van der Waals surface area contributed by atoms with E-state index in [1.54, 1.807) is 6.07 Å². The van der Waals surface area contributed by atoms with Crippen molar-refractivity contribution < 1.29 is 31.9 Å². The molecule has 12 heteroatoms. The molecule has 176 valence electrons. The van der Waals surface area contributed by atoms with Crippen LogP contribution >= 0.6 is 11.6 Å². The van der Waals surface area contributed by atoms with Crippen LogP contribution in [0.3, 0.4) is 0 Å². The largest absolute Gasteiger partial charge is 0.470 e. The highest BCUT2D eigenvalue weighted by molar-refractivity contribution is 6.31. The summed E-state index contributed by atoms with van der Waals surface area (Å²) in [5, 5.41) is 2.62. The lowest BCUT2D eigenvalue weighted by Crippen LogP contribution is -2.34. The smallest absolute Gasteiger partial charge is 0.340 e. The minimum atomic E-state index is -4.34. The molecule has 2 aromatic rings. The first-order chi connectivity index (χ1) is 15.6. The first kappa shape index (κ1) is 23.2. The molecule has 0 spiro atoms. The average Bonchev–Trinajstić information content (AvgIpc) is 3.51. The van der Waals surface area contributed by atoms with Gasteiger partial charge in [0.1, 0.15) is 10.8 Å². The van der Waals surface area contributed by atoms with Crippen LogP contribution < -0.4 is 10.1 Å². The molecule has 3 heterocycles. The highest BCUT2D eigenvalue weighted by atomic mass is 35.5. The Kier molecular flexibility index (Phi) is 6.42. The van der Waals surface area contributed by atoms with Crippen molar-refractivity contribution in [2.24, 2.45) is 5.92 Å². The van der Waals surface area contributed by atoms with Gasteiger partial charge in [-0.05, 0) is 36.5 Å². The molecule has 7 nitrogen and oxygen atoms in total. The first-order valence-electron chi connectivity index (χ1n) is 10.1. The highest BCUT2D eigenvalue weighted by Gasteiger charge is 2.42. The minimum Gasteiger partial charge on any atom is -0.470 e. The van der Waals surface area contributed by atoms with Crippen LogP contribution in [0.1, 0.15) is 40.7 Å². The third kappa shape index (κ3) is 5.35. The van der Waals surface area contributed by atoms with Crippen LogP contribution in [0.15, 0.2) is 24.5 Å². The van der Waals surface area contributed by atoms with Gasteiger partial charge < -0.3 is 15.0 Å². The molecule has 0 saturated heterocycles. The molecule has 0 unspecified atom stereocenters. The topological polar surface area (TPSA) is 84.4 Å². The summed E-state index contributed by atoms with van der Waals surface area (Å²) in [6.45, 7) is -1.29. The molecule has 2 aliphatic rings. The Morgan fingerprint density at radius 1 is 1.33 bits per heavy atom. The second-order valence-corrected chi connectivity index (χ2v) is 8.43. The van der Waals surface area contributed by atoms with Gasteiger partial charge >= 0.3 is 12.3 Å². The summed E-state index contributed by atoms with van der Waals surface area (Å²) in [7, 11) is 0. The Morgan fingerprint density at radius 3 is 2.76 bits per heavy atom. The third-order valence-corrected chi connectivity index (χ3v) is 5.58. The molecule has 0 bridgehead atoms. The van der Waals surface area contributed by atoms with E-state index in [0.717, 1.165) is 12.8 Å². The van der Waals surface area contributed by atoms with Gasteiger partial charge in [-0.25, -0.2) is 18.7 Å². The molecule has 1 N–H and O–H groups in total. The number of nitrogens with one attached hydrogen (secondary N) is 1. The van der Waals surface area contributed by atoms with E-state index in [4.69, 9.17) is 11.6 Å². The third-order valence-electron chi connectivity index (χ3n) is 5.31. The fourth-order valence-corrected chi connectivity index (χ4v) is 3.64. The molecule has 0 aromatic carbocycles. The number of aromatic nitrogens is 2. The van der Waals surface area contributed by atoms with E-state index in [2.05, 4.69) is 20.0 Å². The van der Waals surface area contributed by atoms with E-state index in [0.29, 0.717) is 34.8 Å². The monoisotopic (exact) mass is 486 g/mol. The number of hydrogen-bond acceptors (Lipinski definition) is 5. The zero-order valence-electron chi connectivity index (χ0n) is 17.2. The maximum atomic E-state index is 13.0. The van der Waals surface area contributed by atoms with E-state index in [1.807, 2.05) is 0 Å². The van der Waals surface area contributed by atoms with Crippen molar-refractivity contribution in [3.63, 3.8) is 0 Å². The minimum absolute atomic E-state index is 0.0865. The summed E-state index contributed by atoms with van der Waals surface area (Å²) in [5.41, 5.74) is 1.49. The highest BCUT2D eigenvalue weighted by Crippen LogP contribution is 2.34. The maximum absolute atomic E-state index is 13.0. The van der Waals surface area contributed by atoms with Gasteiger partial charge in [-0.15, -0.1) is 0 Å². The van der Waals surface area contributed by atoms with Crippen LogP contribution in [0, 0.1) is 5.92 Å². The second-order valence-electron chi connectivity index (χ2n) is 8.02. The Balaban J connectivity index is 1.41. The van der Waals surface area contributed by atoms with Crippen LogP contribution in [0.5, 0.6) is 5.88 Å². The SMILES string of the molecule is O=C(CC1CC1)Nc1nccc2c1CN(Cc1cnc(OCC(F)(F)C(F)F)c(Cl)c1)C2=O. The number of amides is 2. The van der Waals surface area contributed by atoms with Gasteiger partial charge in [-0.1, -0.05) is 11.6 Å². The number of rotatable bonds is 9. The van der Waals surface area contributed by atoms with E-state index in [1.165, 1.54) is 23.4 Å². The number of carbonyl (C=O) groups is 2. The average molecular weight is 487 g/mol. The molecule has 2 amide bonds. The molecule has 1 fully saturated rings. The Morgan fingerprint density at radius 2 is 2.09 bits per heavy atom. The lowest BCUT2D eigenvalue weighted by atomic mass is 10.1. The summed E-state index contributed by atoms with van der Waals surface area (Å²) in [6, 6.07) is 2.93. The van der Waals surface area contributed by atoms with Gasteiger partial charge in [0.2, 0.25) is 11.8 Å². The lowest BCUT2D eigenvalue weighted by molar-refractivity contribution is -0.148. The summed E-state index contributed by atoms with van der Waals surface area (Å²) >= 11 is 6.00. The van der Waals surface area contributed by atoms with Crippen LogP contribution in [0.25, 0.3) is 0 Å². The normalized spacial score (nSPS) is 15.7. The van der Waals surface area contributed by atoms with Gasteiger partial charge in [0, 0.05) is 36.5 Å². The van der Waals surface area contributed by atoms with Crippen molar-refractivity contribution in [3.05, 3.63) is 46.2 Å². The van der Waals surface area contributed by atoms with Crippen LogP contribution in [0.2, 0.25) is 5.02 Å². The van der Waals surface area contributed by atoms with Gasteiger partial charge in [0.05, 0.1) is 6.54 Å². The van der Waals surface area contributed by atoms with Gasteiger partial charge in [0.25, 0.3) is 5.91 Å². The number of hydrogen-bond donors (Lipinski definition) is 1. The van der Waals surface area contributed by atoms with Crippen LogP contribution in [-0.4, -0.2) is 45.6 Å². The Labute approximate surface area is 191 Å². The number of halogens is 5. The van der Waals surface area contributed by atoms with Crippen LogP contribution in [0.4, 0.5) is 23.4 Å². The molecule has 0 atom stereocenters. The molecule has 1 aliphatic heterocycles. The van der Waals surface area contributed by atoms with Crippen LogP contribution in [-0.2, 0) is 17.9 Å². The molecule has 2 aromatic heterocycles. The number of fused-ring (bicyclic) bond motifs is 1. The van der Waals surface area contributed by atoms with Crippen molar-refractivity contribution >= 4 is 29.2 Å². The number of nitrogens with zero attached hydrogens (tertiary/aromatic N) is 3. The fraction of sp³-hybridized carbons (Fsp3) is 0.429. The summed E-state index contributed by atoms with van der Waals surface area (Å²) in [4.78, 5) is 34.5. The number of alkyl halides is 4. The van der Waals surface area contributed by atoms with Crippen molar-refractivity contribution in [2.75, 3.05) is 11.9 Å². The van der Waals surface area contributed by atoms with E-state index < -0.39 is 24.8 Å². The van der Waals surface area contributed by atoms with Gasteiger partial charge in [0.15, 0.2) is 6.61 Å². The second kappa shape index (κ2) is 9.12. The standard InChI is InChI=1S/C21H19ClF4N4O3/c22-15-5-12(7-28-18(15)33-10-21(25,26)20(23)24)8-30-9-14-13(19(30)32)3-4-27-17(14)29-16(31)6-11-1-2-11/h3-5,7,11,20H,1-2,6,8-10H2,(H,27,29,31). The number of anilines is 1. The summed E-state index contributed by atoms with van der Waals surface area (Å²) in [6.07, 6.45) is 1.33. The zero-order chi connectivity index (χ0) is 23.8. The number of ether oxygens (including phenoxy) is 1. The molecule has 4 rings (SSSR count). The summed E-state index contributed by atoms with van der Waals surface area (Å²) in [5.74, 6) is -4.43. The molecular formula is C21H19ClF4N4O3. The van der Waals surface area contributed by atoms with Gasteiger partial charge in [-0.3, -0.25) is 9.59 Å². The fourth-order valence-electron chi connectivity index (χ4n) is 3.39. The summed E-state index contributed by atoms with van der Waals surface area (Å²) < 4.78 is 55.3. The van der Waals surface area contributed by atoms with E-state index in [-0.39, 0.29) is 29.9 Å². The molecule has 33 heavy (non-hydrogen) atoms. The molecule has 1 saturated carbocycles. The number of carbonyl (C=O) groups excluding carboxylic acids is 2. The molecule has 0 radical (unpaired) electrons. The number of pyridine rings is 2. The zero-order valence-corrected chi connectivity index (χ0v) is 17.9. The molecule has 1 aliphatic carbocycles.